The first-order valence-corrected chi connectivity index (χ1v) is 7.39. The van der Waals surface area contributed by atoms with Gasteiger partial charge in [-0.3, -0.25) is 9.69 Å². The minimum atomic E-state index is -0.768. The molecule has 1 N–H and O–H groups in total. The summed E-state index contributed by atoms with van der Waals surface area (Å²) in [6, 6.07) is 0. The molecule has 1 fully saturated rings. The number of aryl methyl sites for hydroxylation is 1. The highest BCUT2D eigenvalue weighted by Gasteiger charge is 2.32. The predicted octanol–water partition coefficient (Wildman–Crippen LogP) is 1.69. The van der Waals surface area contributed by atoms with Gasteiger partial charge in [0, 0.05) is 37.0 Å². The first-order chi connectivity index (χ1) is 8.88. The van der Waals surface area contributed by atoms with Crippen LogP contribution in [0.5, 0.6) is 0 Å². The SMILES string of the molecule is CN1CCN(c2nc(CCC(=O)O)cs2)CC1(C)C. The van der Waals surface area contributed by atoms with Gasteiger partial charge in [0.1, 0.15) is 0 Å². The maximum absolute atomic E-state index is 10.6. The fourth-order valence-electron chi connectivity index (χ4n) is 2.19. The number of hydrogen-bond acceptors (Lipinski definition) is 5. The van der Waals surface area contributed by atoms with Crippen molar-refractivity contribution >= 4 is 22.4 Å². The Hall–Kier alpha value is -1.14. The molecule has 2 heterocycles. The van der Waals surface area contributed by atoms with Gasteiger partial charge < -0.3 is 10.0 Å². The summed E-state index contributed by atoms with van der Waals surface area (Å²) in [5.74, 6) is -0.768. The van der Waals surface area contributed by atoms with Gasteiger partial charge in [0.05, 0.1) is 12.1 Å². The third-order valence-corrected chi connectivity index (χ3v) is 4.67. The smallest absolute Gasteiger partial charge is 0.303 e. The van der Waals surface area contributed by atoms with Crippen molar-refractivity contribution in [1.82, 2.24) is 9.88 Å². The lowest BCUT2D eigenvalue weighted by molar-refractivity contribution is -0.136. The average Bonchev–Trinajstić information content (AvgIpc) is 2.78. The lowest BCUT2D eigenvalue weighted by Crippen LogP contribution is -2.57. The number of carboxylic acids is 1. The molecule has 1 aliphatic heterocycles. The summed E-state index contributed by atoms with van der Waals surface area (Å²) in [5.41, 5.74) is 1.03. The first kappa shape index (κ1) is 14.3. The summed E-state index contributed by atoms with van der Waals surface area (Å²) in [7, 11) is 2.15. The van der Waals surface area contributed by atoms with E-state index in [2.05, 4.69) is 35.7 Å². The van der Waals surface area contributed by atoms with E-state index in [9.17, 15) is 4.79 Å². The molecule has 19 heavy (non-hydrogen) atoms. The molecular weight excluding hydrogens is 262 g/mol. The number of anilines is 1. The summed E-state index contributed by atoms with van der Waals surface area (Å²) in [4.78, 5) is 19.8. The highest BCUT2D eigenvalue weighted by Crippen LogP contribution is 2.27. The fourth-order valence-corrected chi connectivity index (χ4v) is 3.08. The second-order valence-electron chi connectivity index (χ2n) is 5.67. The molecule has 6 heteroatoms. The van der Waals surface area contributed by atoms with E-state index in [1.54, 1.807) is 11.3 Å². The Kier molecular flexibility index (Phi) is 4.10. The van der Waals surface area contributed by atoms with E-state index in [4.69, 9.17) is 5.11 Å². The van der Waals surface area contributed by atoms with Crippen LogP contribution < -0.4 is 4.90 Å². The van der Waals surface area contributed by atoms with Gasteiger partial charge in [-0.25, -0.2) is 4.98 Å². The molecule has 1 aliphatic rings. The predicted molar refractivity (Wildman–Crippen MR) is 77.0 cm³/mol. The number of piperazine rings is 1. The molecule has 0 atom stereocenters. The molecule has 0 unspecified atom stereocenters. The highest BCUT2D eigenvalue weighted by molar-refractivity contribution is 7.13. The van der Waals surface area contributed by atoms with Crippen molar-refractivity contribution in [2.75, 3.05) is 31.6 Å². The molecule has 1 aromatic rings. The number of thiazole rings is 1. The number of aromatic nitrogens is 1. The zero-order chi connectivity index (χ0) is 14.0. The van der Waals surface area contributed by atoms with Crippen LogP contribution in [0.25, 0.3) is 0 Å². The number of rotatable bonds is 4. The van der Waals surface area contributed by atoms with E-state index >= 15 is 0 Å². The zero-order valence-corrected chi connectivity index (χ0v) is 12.5. The van der Waals surface area contributed by atoms with Crippen molar-refractivity contribution in [3.63, 3.8) is 0 Å². The molecule has 0 radical (unpaired) electrons. The topological polar surface area (TPSA) is 56.7 Å². The van der Waals surface area contributed by atoms with Gasteiger partial charge in [-0.2, -0.15) is 0 Å². The van der Waals surface area contributed by atoms with Crippen LogP contribution in [0.2, 0.25) is 0 Å². The summed E-state index contributed by atoms with van der Waals surface area (Å²) >= 11 is 1.61. The van der Waals surface area contributed by atoms with E-state index < -0.39 is 5.97 Å². The lowest BCUT2D eigenvalue weighted by atomic mass is 10.0. The quantitative estimate of drug-likeness (QED) is 0.911. The number of nitrogens with zero attached hydrogens (tertiary/aromatic N) is 3. The molecule has 2 rings (SSSR count). The number of carbonyl (C=O) groups is 1. The van der Waals surface area contributed by atoms with Crippen molar-refractivity contribution < 1.29 is 9.90 Å². The molecule has 106 valence electrons. The summed E-state index contributed by atoms with van der Waals surface area (Å²) in [6.45, 7) is 7.43. The van der Waals surface area contributed by atoms with Crippen molar-refractivity contribution in [1.29, 1.82) is 0 Å². The summed E-state index contributed by atoms with van der Waals surface area (Å²) < 4.78 is 0. The normalized spacial score (nSPS) is 19.6. The van der Waals surface area contributed by atoms with E-state index in [0.29, 0.717) is 6.42 Å². The molecule has 0 amide bonds. The van der Waals surface area contributed by atoms with Crippen LogP contribution in [-0.2, 0) is 11.2 Å². The summed E-state index contributed by atoms with van der Waals surface area (Å²) in [6.07, 6.45) is 0.667. The van der Waals surface area contributed by atoms with Gasteiger partial charge in [0.15, 0.2) is 5.13 Å². The van der Waals surface area contributed by atoms with Crippen LogP contribution in [0.4, 0.5) is 5.13 Å². The Labute approximate surface area is 117 Å². The number of aliphatic carboxylic acids is 1. The van der Waals surface area contributed by atoms with Crippen LogP contribution in [0.15, 0.2) is 5.38 Å². The standard InChI is InChI=1S/C13H21N3O2S/c1-13(2)9-16(7-6-15(13)3)12-14-10(8-19-12)4-5-11(17)18/h8H,4-7,9H2,1-3H3,(H,17,18). The first-order valence-electron chi connectivity index (χ1n) is 6.51. The van der Waals surface area contributed by atoms with Gasteiger partial charge in [-0.1, -0.05) is 0 Å². The number of hydrogen-bond donors (Lipinski definition) is 1. The number of likely N-dealkylation sites (N-methyl/N-ethyl adjacent to an activating group) is 1. The van der Waals surface area contributed by atoms with Gasteiger partial charge >= 0.3 is 5.97 Å². The Balaban J connectivity index is 2.01. The molecule has 5 nitrogen and oxygen atoms in total. The Morgan fingerprint density at radius 2 is 2.26 bits per heavy atom. The van der Waals surface area contributed by atoms with Gasteiger partial charge in [0.25, 0.3) is 0 Å². The Morgan fingerprint density at radius 1 is 1.53 bits per heavy atom. The molecule has 0 aromatic carbocycles. The van der Waals surface area contributed by atoms with Gasteiger partial charge in [-0.15, -0.1) is 11.3 Å². The molecule has 0 bridgehead atoms. The molecule has 1 aromatic heterocycles. The fraction of sp³-hybridized carbons (Fsp3) is 0.692. The molecule has 1 saturated heterocycles. The third-order valence-electron chi connectivity index (χ3n) is 3.72. The molecule has 0 spiro atoms. The third kappa shape index (κ3) is 3.45. The second kappa shape index (κ2) is 5.46. The van der Waals surface area contributed by atoms with Crippen LogP contribution in [0.1, 0.15) is 26.0 Å². The lowest BCUT2D eigenvalue weighted by Gasteiger charge is -2.45. The maximum Gasteiger partial charge on any atom is 0.303 e. The molecular formula is C13H21N3O2S. The minimum Gasteiger partial charge on any atom is -0.481 e. The molecule has 0 saturated carbocycles. The van der Waals surface area contributed by atoms with E-state index in [0.717, 1.165) is 30.5 Å². The monoisotopic (exact) mass is 283 g/mol. The van der Waals surface area contributed by atoms with Crippen molar-refractivity contribution in [2.24, 2.45) is 0 Å². The zero-order valence-electron chi connectivity index (χ0n) is 11.7. The van der Waals surface area contributed by atoms with E-state index in [1.807, 2.05) is 5.38 Å². The van der Waals surface area contributed by atoms with Crippen LogP contribution >= 0.6 is 11.3 Å². The summed E-state index contributed by atoms with van der Waals surface area (Å²) in [5, 5.41) is 11.7. The number of carboxylic acid groups (broad SMARTS) is 1. The minimum absolute atomic E-state index is 0.144. The van der Waals surface area contributed by atoms with E-state index in [1.165, 1.54) is 0 Å². The van der Waals surface area contributed by atoms with E-state index in [-0.39, 0.29) is 12.0 Å². The van der Waals surface area contributed by atoms with Crippen LogP contribution in [0, 0.1) is 0 Å². The van der Waals surface area contributed by atoms with Crippen LogP contribution in [0.3, 0.4) is 0 Å². The van der Waals surface area contributed by atoms with Crippen molar-refractivity contribution in [3.05, 3.63) is 11.1 Å². The average molecular weight is 283 g/mol. The largest absolute Gasteiger partial charge is 0.481 e. The van der Waals surface area contributed by atoms with Crippen molar-refractivity contribution in [3.8, 4) is 0 Å². The van der Waals surface area contributed by atoms with Crippen molar-refractivity contribution in [2.45, 2.75) is 32.2 Å². The Bertz CT molecular complexity index is 458. The highest BCUT2D eigenvalue weighted by atomic mass is 32.1. The molecule has 0 aliphatic carbocycles. The second-order valence-corrected chi connectivity index (χ2v) is 6.51. The maximum atomic E-state index is 10.6. The van der Waals surface area contributed by atoms with Gasteiger partial charge in [0.2, 0.25) is 0 Å². The van der Waals surface area contributed by atoms with Crippen LogP contribution in [-0.4, -0.2) is 53.2 Å². The van der Waals surface area contributed by atoms with Gasteiger partial charge in [-0.05, 0) is 20.9 Å². The Morgan fingerprint density at radius 3 is 2.89 bits per heavy atom.